The van der Waals surface area contributed by atoms with E-state index < -0.39 is 5.97 Å². The first-order chi connectivity index (χ1) is 11.4. The summed E-state index contributed by atoms with van der Waals surface area (Å²) in [4.78, 5) is 24.6. The molecule has 0 unspecified atom stereocenters. The zero-order valence-electron chi connectivity index (χ0n) is 13.3. The third kappa shape index (κ3) is 5.26. The minimum absolute atomic E-state index is 0.0278. The summed E-state index contributed by atoms with van der Waals surface area (Å²) in [5.41, 5.74) is 0. The van der Waals surface area contributed by atoms with Gasteiger partial charge in [0.1, 0.15) is 5.75 Å². The lowest BCUT2D eigenvalue weighted by molar-refractivity contribution is -0.139. The van der Waals surface area contributed by atoms with Crippen LogP contribution in [0.25, 0.3) is 0 Å². The largest absolute Gasteiger partial charge is 0.482 e. The monoisotopic (exact) mass is 374 g/mol. The second kappa shape index (κ2) is 8.55. The van der Waals surface area contributed by atoms with E-state index in [9.17, 15) is 9.59 Å². The Morgan fingerprint density at radius 2 is 2.08 bits per heavy atom. The van der Waals surface area contributed by atoms with Crippen LogP contribution in [0, 0.1) is 0 Å². The fraction of sp³-hybridized carbons (Fsp3) is 0.500. The molecule has 1 fully saturated rings. The maximum absolute atomic E-state index is 11.9. The summed E-state index contributed by atoms with van der Waals surface area (Å²) in [5.74, 6) is -0.662. The Morgan fingerprint density at radius 1 is 1.38 bits per heavy atom. The summed E-state index contributed by atoms with van der Waals surface area (Å²) in [6.45, 7) is 2.50. The number of carboxylic acids is 1. The first-order valence-corrected chi connectivity index (χ1v) is 8.47. The number of aliphatic carboxylic acids is 1. The Hall–Kier alpha value is -1.50. The van der Waals surface area contributed by atoms with Crippen LogP contribution in [-0.2, 0) is 9.59 Å². The van der Waals surface area contributed by atoms with Crippen molar-refractivity contribution in [3.8, 4) is 5.75 Å². The van der Waals surface area contributed by atoms with E-state index in [1.165, 1.54) is 0 Å². The summed E-state index contributed by atoms with van der Waals surface area (Å²) < 4.78 is 5.38. The highest BCUT2D eigenvalue weighted by atomic mass is 35.5. The number of likely N-dealkylation sites (N-methyl/N-ethyl adjacent to an activating group) is 1. The van der Waals surface area contributed by atoms with E-state index in [0.717, 1.165) is 12.8 Å². The van der Waals surface area contributed by atoms with E-state index in [1.54, 1.807) is 18.2 Å². The number of halogens is 2. The lowest BCUT2D eigenvalue weighted by atomic mass is 9.85. The second-order valence-electron chi connectivity index (χ2n) is 5.71. The highest BCUT2D eigenvalue weighted by Crippen LogP contribution is 2.28. The van der Waals surface area contributed by atoms with Gasteiger partial charge in [0.15, 0.2) is 6.61 Å². The molecule has 1 aliphatic rings. The highest BCUT2D eigenvalue weighted by molar-refractivity contribution is 6.35. The van der Waals surface area contributed by atoms with E-state index >= 15 is 0 Å². The van der Waals surface area contributed by atoms with Gasteiger partial charge in [0.2, 0.25) is 0 Å². The molecule has 0 aromatic heterocycles. The maximum atomic E-state index is 11.9. The fourth-order valence-corrected chi connectivity index (χ4v) is 3.14. The molecule has 1 aromatic carbocycles. The van der Waals surface area contributed by atoms with Crippen molar-refractivity contribution < 1.29 is 19.4 Å². The van der Waals surface area contributed by atoms with Crippen molar-refractivity contribution in [3.63, 3.8) is 0 Å². The zero-order valence-corrected chi connectivity index (χ0v) is 14.8. The molecule has 0 saturated heterocycles. The van der Waals surface area contributed by atoms with Crippen LogP contribution >= 0.6 is 23.2 Å². The molecular weight excluding hydrogens is 355 g/mol. The van der Waals surface area contributed by atoms with E-state index in [1.807, 2.05) is 11.8 Å². The number of ether oxygens (including phenoxy) is 1. The average Bonchev–Trinajstić information content (AvgIpc) is 2.47. The molecule has 1 aromatic rings. The third-order valence-electron chi connectivity index (χ3n) is 3.99. The molecule has 1 saturated carbocycles. The van der Waals surface area contributed by atoms with Crippen LogP contribution in [0.5, 0.6) is 5.75 Å². The van der Waals surface area contributed by atoms with Crippen LogP contribution in [0.4, 0.5) is 0 Å². The number of carbonyl (C=O) groups is 2. The summed E-state index contributed by atoms with van der Waals surface area (Å²) in [5, 5.41) is 12.6. The first kappa shape index (κ1) is 18.8. The summed E-state index contributed by atoms with van der Waals surface area (Å²) in [6.07, 6.45) is 1.49. The van der Waals surface area contributed by atoms with Crippen molar-refractivity contribution in [1.82, 2.24) is 10.2 Å². The van der Waals surface area contributed by atoms with E-state index in [0.29, 0.717) is 22.3 Å². The van der Waals surface area contributed by atoms with Crippen LogP contribution in [0.3, 0.4) is 0 Å². The van der Waals surface area contributed by atoms with Crippen molar-refractivity contribution in [2.24, 2.45) is 0 Å². The lowest BCUT2D eigenvalue weighted by Crippen LogP contribution is -2.55. The molecule has 24 heavy (non-hydrogen) atoms. The minimum atomic E-state index is -0.836. The van der Waals surface area contributed by atoms with E-state index in [4.69, 9.17) is 33.0 Å². The second-order valence-corrected chi connectivity index (χ2v) is 6.55. The summed E-state index contributed by atoms with van der Waals surface area (Å²) in [6, 6.07) is 5.05. The molecule has 0 aliphatic heterocycles. The number of hydrogen-bond acceptors (Lipinski definition) is 4. The third-order valence-corrected chi connectivity index (χ3v) is 4.52. The number of carboxylic acid groups (broad SMARTS) is 1. The van der Waals surface area contributed by atoms with Gasteiger partial charge in [-0.2, -0.15) is 0 Å². The number of carbonyl (C=O) groups excluding carboxylic acids is 1. The molecule has 0 bridgehead atoms. The molecule has 1 aliphatic carbocycles. The van der Waals surface area contributed by atoms with Gasteiger partial charge in [0, 0.05) is 17.1 Å². The summed E-state index contributed by atoms with van der Waals surface area (Å²) >= 11 is 11.8. The predicted molar refractivity (Wildman–Crippen MR) is 91.8 cm³/mol. The molecular formula is C16H20Cl2N2O4. The Morgan fingerprint density at radius 3 is 2.67 bits per heavy atom. The Kier molecular flexibility index (Phi) is 6.71. The van der Waals surface area contributed by atoms with E-state index in [2.05, 4.69) is 5.32 Å². The van der Waals surface area contributed by atoms with Crippen molar-refractivity contribution in [1.29, 1.82) is 0 Å². The molecule has 0 heterocycles. The molecule has 132 valence electrons. The molecule has 1 amide bonds. The van der Waals surface area contributed by atoms with Crippen molar-refractivity contribution >= 4 is 35.1 Å². The number of nitrogens with zero attached hydrogens (tertiary/aromatic N) is 1. The smallest absolute Gasteiger partial charge is 0.317 e. The molecule has 8 heteroatoms. The average molecular weight is 375 g/mol. The molecule has 2 rings (SSSR count). The zero-order chi connectivity index (χ0) is 17.7. The normalized spacial score (nSPS) is 19.7. The van der Waals surface area contributed by atoms with Crippen LogP contribution in [0.2, 0.25) is 10.0 Å². The van der Waals surface area contributed by atoms with Gasteiger partial charge < -0.3 is 15.2 Å². The SMILES string of the molecule is CCN(CC(=O)O)C1CC(NC(=O)COc2ccc(Cl)cc2Cl)C1. The lowest BCUT2D eigenvalue weighted by Gasteiger charge is -2.42. The standard InChI is InChI=1S/C16H20Cl2N2O4/c1-2-20(8-16(22)23)12-6-11(7-12)19-15(21)9-24-14-4-3-10(17)5-13(14)18/h3-5,11-12H,2,6-9H2,1H3,(H,19,21)(H,22,23). The van der Waals surface area contributed by atoms with Gasteiger partial charge in [-0.15, -0.1) is 0 Å². The van der Waals surface area contributed by atoms with Gasteiger partial charge in [-0.25, -0.2) is 0 Å². The van der Waals surface area contributed by atoms with Crippen LogP contribution < -0.4 is 10.1 Å². The Labute approximate surface area is 150 Å². The van der Waals surface area contributed by atoms with Crippen LogP contribution in [0.15, 0.2) is 18.2 Å². The number of nitrogens with one attached hydrogen (secondary N) is 1. The molecule has 2 N–H and O–H groups in total. The van der Waals surface area contributed by atoms with Gasteiger partial charge in [-0.3, -0.25) is 14.5 Å². The molecule has 0 radical (unpaired) electrons. The number of amides is 1. The Bertz CT molecular complexity index is 606. The van der Waals surface area contributed by atoms with E-state index in [-0.39, 0.29) is 31.1 Å². The number of hydrogen-bond donors (Lipinski definition) is 2. The molecule has 6 nitrogen and oxygen atoms in total. The van der Waals surface area contributed by atoms with Gasteiger partial charge in [-0.1, -0.05) is 30.1 Å². The summed E-state index contributed by atoms with van der Waals surface area (Å²) in [7, 11) is 0. The van der Waals surface area contributed by atoms with Gasteiger partial charge in [-0.05, 0) is 37.6 Å². The topological polar surface area (TPSA) is 78.9 Å². The van der Waals surface area contributed by atoms with Gasteiger partial charge in [0.05, 0.1) is 11.6 Å². The molecule has 0 atom stereocenters. The van der Waals surface area contributed by atoms with Gasteiger partial charge >= 0.3 is 5.97 Å². The predicted octanol–water partition coefficient (Wildman–Crippen LogP) is 2.43. The van der Waals surface area contributed by atoms with Crippen LogP contribution in [-0.4, -0.2) is 53.7 Å². The maximum Gasteiger partial charge on any atom is 0.317 e. The Balaban J connectivity index is 1.72. The van der Waals surface area contributed by atoms with Crippen molar-refractivity contribution in [3.05, 3.63) is 28.2 Å². The van der Waals surface area contributed by atoms with Crippen molar-refractivity contribution in [2.75, 3.05) is 19.7 Å². The number of benzene rings is 1. The van der Waals surface area contributed by atoms with Crippen LogP contribution in [0.1, 0.15) is 19.8 Å². The molecule has 0 spiro atoms. The van der Waals surface area contributed by atoms with Gasteiger partial charge in [0.25, 0.3) is 5.91 Å². The quantitative estimate of drug-likeness (QED) is 0.730. The number of rotatable bonds is 8. The van der Waals surface area contributed by atoms with Crippen molar-refractivity contribution in [2.45, 2.75) is 31.8 Å². The highest BCUT2D eigenvalue weighted by Gasteiger charge is 2.34. The fourth-order valence-electron chi connectivity index (χ4n) is 2.68. The first-order valence-electron chi connectivity index (χ1n) is 7.72. The minimum Gasteiger partial charge on any atom is -0.482 e.